The fourth-order valence-electron chi connectivity index (χ4n) is 4.69. The molecule has 0 saturated carbocycles. The molecule has 1 heterocycles. The van der Waals surface area contributed by atoms with Gasteiger partial charge in [-0.1, -0.05) is 84.4 Å². The molecule has 5 heteroatoms. The number of hydrogen-bond acceptors (Lipinski definition) is 4. The van der Waals surface area contributed by atoms with Crippen molar-refractivity contribution in [2.24, 2.45) is 0 Å². The fourth-order valence-corrected chi connectivity index (χ4v) is 4.69. The number of nitrogens with zero attached hydrogens (tertiary/aromatic N) is 2. The lowest BCUT2D eigenvalue weighted by Crippen LogP contribution is -2.54. The molecule has 0 aromatic heterocycles. The number of methoxy groups -OCH3 is 1. The van der Waals surface area contributed by atoms with Crippen LogP contribution in [0.15, 0.2) is 109 Å². The second kappa shape index (κ2) is 10.5. The fraction of sp³-hybridized carbons (Fsp3) is 0.125. The highest BCUT2D eigenvalue weighted by Gasteiger charge is 2.37. The molecule has 0 spiro atoms. The van der Waals surface area contributed by atoms with Gasteiger partial charge in [0, 0.05) is 12.2 Å². The van der Waals surface area contributed by atoms with Crippen molar-refractivity contribution in [1.29, 1.82) is 0 Å². The van der Waals surface area contributed by atoms with Gasteiger partial charge in [0.1, 0.15) is 6.17 Å². The second-order valence-corrected chi connectivity index (χ2v) is 8.99. The maximum Gasteiger partial charge on any atom is 0.338 e. The van der Waals surface area contributed by atoms with Crippen LogP contribution in [0.4, 0.5) is 11.4 Å². The van der Waals surface area contributed by atoms with Crippen LogP contribution >= 0.6 is 0 Å². The molecule has 0 aliphatic carbocycles. The number of fused-ring (bicyclic) bond motifs is 1. The van der Waals surface area contributed by atoms with Gasteiger partial charge in [-0.3, -0.25) is 9.69 Å². The minimum Gasteiger partial charge on any atom is -0.465 e. The summed E-state index contributed by atoms with van der Waals surface area (Å²) >= 11 is 0. The zero-order valence-corrected chi connectivity index (χ0v) is 20.9. The minimum atomic E-state index is -0.434. The zero-order valence-electron chi connectivity index (χ0n) is 20.9. The Morgan fingerprint density at radius 2 is 1.54 bits per heavy atom. The average molecular weight is 489 g/mol. The number of aryl methyl sites for hydroxylation is 1. The number of amides is 1. The molecule has 1 atom stereocenters. The van der Waals surface area contributed by atoms with Crippen LogP contribution in [0, 0.1) is 6.92 Å². The molecule has 1 aliphatic heterocycles. The van der Waals surface area contributed by atoms with Gasteiger partial charge in [0.2, 0.25) is 0 Å². The number of carbonyl (C=O) groups is 2. The lowest BCUT2D eigenvalue weighted by atomic mass is 10.0. The van der Waals surface area contributed by atoms with E-state index in [9.17, 15) is 9.59 Å². The molecule has 0 bridgehead atoms. The van der Waals surface area contributed by atoms with Crippen molar-refractivity contribution in [3.63, 3.8) is 0 Å². The zero-order chi connectivity index (χ0) is 25.8. The number of rotatable bonds is 6. The Morgan fingerprint density at radius 3 is 2.30 bits per heavy atom. The highest BCUT2D eigenvalue weighted by Crippen LogP contribution is 2.36. The first kappa shape index (κ1) is 24.1. The molecule has 4 aromatic carbocycles. The number of benzene rings is 4. The number of ether oxygens (including phenoxy) is 1. The molecule has 4 aromatic rings. The molecule has 1 unspecified atom stereocenters. The minimum absolute atomic E-state index is 0.0698. The molecule has 184 valence electrons. The molecular weight excluding hydrogens is 460 g/mol. The van der Waals surface area contributed by atoms with Gasteiger partial charge in [-0.05, 0) is 54.5 Å². The summed E-state index contributed by atoms with van der Waals surface area (Å²) in [7, 11) is 1.38. The second-order valence-electron chi connectivity index (χ2n) is 8.99. The van der Waals surface area contributed by atoms with E-state index in [4.69, 9.17) is 4.74 Å². The van der Waals surface area contributed by atoms with Crippen LogP contribution in [0.3, 0.4) is 0 Å². The molecule has 37 heavy (non-hydrogen) atoms. The van der Waals surface area contributed by atoms with E-state index in [-0.39, 0.29) is 5.91 Å². The molecule has 5 nitrogen and oxygen atoms in total. The molecule has 0 saturated heterocycles. The van der Waals surface area contributed by atoms with Gasteiger partial charge in [0.25, 0.3) is 5.91 Å². The van der Waals surface area contributed by atoms with E-state index in [0.29, 0.717) is 17.7 Å². The monoisotopic (exact) mass is 488 g/mol. The lowest BCUT2D eigenvalue weighted by molar-refractivity contribution is 0.0600. The summed E-state index contributed by atoms with van der Waals surface area (Å²) in [5, 5.41) is 0. The van der Waals surface area contributed by atoms with Crippen LogP contribution in [0.25, 0.3) is 6.08 Å². The van der Waals surface area contributed by atoms with Gasteiger partial charge >= 0.3 is 5.97 Å². The number of hydrogen-bond donors (Lipinski definition) is 0. The summed E-state index contributed by atoms with van der Waals surface area (Å²) in [6.45, 7) is 2.63. The number of anilines is 2. The van der Waals surface area contributed by atoms with E-state index < -0.39 is 12.1 Å². The normalized spacial score (nSPS) is 15.1. The van der Waals surface area contributed by atoms with Crippen molar-refractivity contribution in [2.45, 2.75) is 19.6 Å². The van der Waals surface area contributed by atoms with E-state index in [1.165, 1.54) is 7.11 Å². The maximum absolute atomic E-state index is 13.9. The quantitative estimate of drug-likeness (QED) is 0.291. The maximum atomic E-state index is 13.9. The van der Waals surface area contributed by atoms with Crippen molar-refractivity contribution >= 4 is 29.3 Å². The van der Waals surface area contributed by atoms with Crippen molar-refractivity contribution in [3.8, 4) is 0 Å². The van der Waals surface area contributed by atoms with Gasteiger partial charge in [-0.25, -0.2) is 4.79 Å². The average Bonchev–Trinajstić information content (AvgIpc) is 2.94. The van der Waals surface area contributed by atoms with Crippen molar-refractivity contribution < 1.29 is 14.3 Å². The highest BCUT2D eigenvalue weighted by molar-refractivity contribution is 6.12. The Hall–Kier alpha value is -4.64. The Balaban J connectivity index is 1.66. The van der Waals surface area contributed by atoms with E-state index in [1.54, 1.807) is 6.07 Å². The van der Waals surface area contributed by atoms with Crippen LogP contribution in [0.5, 0.6) is 0 Å². The Morgan fingerprint density at radius 1 is 0.865 bits per heavy atom. The number of esters is 1. The summed E-state index contributed by atoms with van der Waals surface area (Å²) in [4.78, 5) is 30.4. The smallest absolute Gasteiger partial charge is 0.338 e. The van der Waals surface area contributed by atoms with E-state index in [1.807, 2.05) is 109 Å². The van der Waals surface area contributed by atoms with E-state index in [0.717, 1.165) is 28.1 Å². The largest absolute Gasteiger partial charge is 0.465 e. The van der Waals surface area contributed by atoms with Crippen molar-refractivity contribution in [1.82, 2.24) is 0 Å². The summed E-state index contributed by atoms with van der Waals surface area (Å²) in [5.41, 5.74) is 5.77. The van der Waals surface area contributed by atoms with Gasteiger partial charge in [-0.2, -0.15) is 0 Å². The van der Waals surface area contributed by atoms with Gasteiger partial charge in [0.15, 0.2) is 0 Å². The Bertz CT molecular complexity index is 1440. The third-order valence-corrected chi connectivity index (χ3v) is 6.57. The van der Waals surface area contributed by atoms with Crippen LogP contribution < -0.4 is 9.80 Å². The molecule has 0 N–H and O–H groups in total. The number of para-hydroxylation sites is 1. The van der Waals surface area contributed by atoms with Crippen LogP contribution in [0.1, 0.15) is 37.4 Å². The van der Waals surface area contributed by atoms with Gasteiger partial charge in [0.05, 0.1) is 23.9 Å². The first-order chi connectivity index (χ1) is 18.1. The summed E-state index contributed by atoms with van der Waals surface area (Å²) < 4.78 is 4.99. The lowest BCUT2D eigenvalue weighted by Gasteiger charge is -2.44. The predicted octanol–water partition coefficient (Wildman–Crippen LogP) is 6.49. The van der Waals surface area contributed by atoms with Gasteiger partial charge in [-0.15, -0.1) is 0 Å². The van der Waals surface area contributed by atoms with Gasteiger partial charge < -0.3 is 9.64 Å². The number of carbonyl (C=O) groups excluding carboxylic acids is 2. The molecular formula is C32H28N2O3. The summed E-state index contributed by atoms with van der Waals surface area (Å²) in [6.07, 6.45) is 3.45. The summed E-state index contributed by atoms with van der Waals surface area (Å²) in [5.74, 6) is -0.471. The topological polar surface area (TPSA) is 49.9 Å². The third-order valence-electron chi connectivity index (χ3n) is 6.57. The van der Waals surface area contributed by atoms with Crippen molar-refractivity contribution in [2.75, 3.05) is 16.9 Å². The molecule has 5 rings (SSSR count). The first-order valence-electron chi connectivity index (χ1n) is 12.2. The predicted molar refractivity (Wildman–Crippen MR) is 148 cm³/mol. The summed E-state index contributed by atoms with van der Waals surface area (Å²) in [6, 6.07) is 33.2. The SMILES string of the molecule is COC(=O)c1ccccc1/C=C/C1N(Cc2ccccc2)c2ccccc2C(=O)N1c1ccc(C)cc1. The highest BCUT2D eigenvalue weighted by atomic mass is 16.5. The van der Waals surface area contributed by atoms with E-state index in [2.05, 4.69) is 17.0 Å². The Kier molecular flexibility index (Phi) is 6.86. The standard InChI is InChI=1S/C32H28N2O3/c1-23-16-19-26(20-17-23)34-30(21-18-25-12-6-7-13-27(25)32(36)37-2)33(22-24-10-4-3-5-11-24)29-15-9-8-14-28(29)31(34)35/h3-21,30H,22H2,1-2H3/b21-18+. The first-order valence-corrected chi connectivity index (χ1v) is 12.2. The van der Waals surface area contributed by atoms with Crippen LogP contribution in [-0.2, 0) is 11.3 Å². The molecule has 1 amide bonds. The van der Waals surface area contributed by atoms with E-state index >= 15 is 0 Å². The van der Waals surface area contributed by atoms with Crippen LogP contribution in [0.2, 0.25) is 0 Å². The molecule has 0 fully saturated rings. The molecule has 1 aliphatic rings. The molecule has 0 radical (unpaired) electrons. The third kappa shape index (κ3) is 4.89. The Labute approximate surface area is 217 Å². The van der Waals surface area contributed by atoms with Crippen molar-refractivity contribution in [3.05, 3.63) is 137 Å². The van der Waals surface area contributed by atoms with Crippen LogP contribution in [-0.4, -0.2) is 25.2 Å².